The third kappa shape index (κ3) is 4.54. The van der Waals surface area contributed by atoms with Crippen LogP contribution < -0.4 is 16.4 Å². The molecule has 23 heavy (non-hydrogen) atoms. The molecule has 0 saturated carbocycles. The summed E-state index contributed by atoms with van der Waals surface area (Å²) >= 11 is 0. The highest BCUT2D eigenvalue weighted by Crippen LogP contribution is 2.16. The molecule has 0 unspecified atom stereocenters. The van der Waals surface area contributed by atoms with Gasteiger partial charge in [0.15, 0.2) is 0 Å². The van der Waals surface area contributed by atoms with Gasteiger partial charge in [0.2, 0.25) is 0 Å². The monoisotopic (exact) mass is 315 g/mol. The minimum atomic E-state index is -0.606. The summed E-state index contributed by atoms with van der Waals surface area (Å²) < 4.78 is 13.7. The molecule has 0 aromatic heterocycles. The van der Waals surface area contributed by atoms with E-state index in [0.29, 0.717) is 17.7 Å². The van der Waals surface area contributed by atoms with Crippen LogP contribution in [0.5, 0.6) is 0 Å². The van der Waals surface area contributed by atoms with E-state index in [1.165, 1.54) is 6.07 Å². The highest BCUT2D eigenvalue weighted by Gasteiger charge is 2.14. The molecule has 0 saturated heterocycles. The summed E-state index contributed by atoms with van der Waals surface area (Å²) in [7, 11) is 0. The number of halogens is 1. The number of benzene rings is 2. The fourth-order valence-electron chi connectivity index (χ4n) is 2.15. The molecule has 2 aromatic carbocycles. The molecule has 2 aromatic rings. The van der Waals surface area contributed by atoms with Crippen LogP contribution in [0.2, 0.25) is 0 Å². The van der Waals surface area contributed by atoms with Crippen molar-refractivity contribution in [2.45, 2.75) is 19.5 Å². The van der Waals surface area contributed by atoms with Gasteiger partial charge >= 0.3 is 6.03 Å². The number of nitrogens with one attached hydrogen (secondary N) is 2. The van der Waals surface area contributed by atoms with Gasteiger partial charge in [0.1, 0.15) is 5.82 Å². The first-order valence-electron chi connectivity index (χ1n) is 7.15. The number of urea groups is 1. The predicted octanol–water partition coefficient (Wildman–Crippen LogP) is 2.49. The molecule has 5 nitrogen and oxygen atoms in total. The average Bonchev–Trinajstić information content (AvgIpc) is 2.53. The van der Waals surface area contributed by atoms with E-state index < -0.39 is 12.1 Å². The van der Waals surface area contributed by atoms with Gasteiger partial charge in [0, 0.05) is 17.7 Å². The van der Waals surface area contributed by atoms with Gasteiger partial charge in [-0.15, -0.1) is 0 Å². The standard InChI is InChI=1S/C17H18FN3O2/c1-11(14-4-2-3-5-15(14)18)21-16(22)13-8-6-12(7-9-13)10-20-17(19)23/h2-9,11H,10H2,1H3,(H,21,22)(H3,19,20,23)/t11-/m0/s1. The normalized spacial score (nSPS) is 11.6. The maximum atomic E-state index is 13.7. The van der Waals surface area contributed by atoms with Crippen molar-refractivity contribution in [3.8, 4) is 0 Å². The van der Waals surface area contributed by atoms with E-state index >= 15 is 0 Å². The van der Waals surface area contributed by atoms with Gasteiger partial charge in [-0.1, -0.05) is 30.3 Å². The van der Waals surface area contributed by atoms with Crippen LogP contribution in [0.4, 0.5) is 9.18 Å². The topological polar surface area (TPSA) is 84.2 Å². The van der Waals surface area contributed by atoms with Gasteiger partial charge in [0.25, 0.3) is 5.91 Å². The summed E-state index contributed by atoms with van der Waals surface area (Å²) in [5.41, 5.74) is 6.71. The van der Waals surface area contributed by atoms with E-state index in [1.54, 1.807) is 49.4 Å². The van der Waals surface area contributed by atoms with Gasteiger partial charge in [-0.3, -0.25) is 4.79 Å². The molecule has 0 aliphatic heterocycles. The smallest absolute Gasteiger partial charge is 0.312 e. The lowest BCUT2D eigenvalue weighted by molar-refractivity contribution is 0.0939. The number of primary amides is 1. The number of carbonyl (C=O) groups is 2. The molecule has 0 spiro atoms. The molecule has 0 aliphatic rings. The predicted molar refractivity (Wildman–Crippen MR) is 85.1 cm³/mol. The van der Waals surface area contributed by atoms with Crippen LogP contribution in [0.3, 0.4) is 0 Å². The van der Waals surface area contributed by atoms with E-state index in [2.05, 4.69) is 10.6 Å². The lowest BCUT2D eigenvalue weighted by Gasteiger charge is -2.15. The zero-order valence-corrected chi connectivity index (χ0v) is 12.7. The van der Waals surface area contributed by atoms with Crippen LogP contribution in [0.25, 0.3) is 0 Å². The Morgan fingerprint density at radius 3 is 2.39 bits per heavy atom. The SMILES string of the molecule is C[C@H](NC(=O)c1ccc(CNC(N)=O)cc1)c1ccccc1F. The number of hydrogen-bond acceptors (Lipinski definition) is 2. The van der Waals surface area contributed by atoms with Gasteiger partial charge in [-0.05, 0) is 30.7 Å². The Kier molecular flexibility index (Phi) is 5.30. The fraction of sp³-hybridized carbons (Fsp3) is 0.176. The Morgan fingerprint density at radius 2 is 1.78 bits per heavy atom. The number of rotatable bonds is 5. The van der Waals surface area contributed by atoms with Crippen molar-refractivity contribution in [2.75, 3.05) is 0 Å². The van der Waals surface area contributed by atoms with Crippen LogP contribution in [0.15, 0.2) is 48.5 Å². The largest absolute Gasteiger partial charge is 0.352 e. The molecular weight excluding hydrogens is 297 g/mol. The molecule has 0 aliphatic carbocycles. The second-order valence-corrected chi connectivity index (χ2v) is 5.13. The second-order valence-electron chi connectivity index (χ2n) is 5.13. The molecular formula is C17H18FN3O2. The van der Waals surface area contributed by atoms with E-state index in [9.17, 15) is 14.0 Å². The van der Waals surface area contributed by atoms with Crippen molar-refractivity contribution in [3.05, 3.63) is 71.0 Å². The fourth-order valence-corrected chi connectivity index (χ4v) is 2.15. The van der Waals surface area contributed by atoms with Crippen LogP contribution in [-0.4, -0.2) is 11.9 Å². The van der Waals surface area contributed by atoms with E-state index in [1.807, 2.05) is 0 Å². The quantitative estimate of drug-likeness (QED) is 0.792. The Morgan fingerprint density at radius 1 is 1.13 bits per heavy atom. The summed E-state index contributed by atoms with van der Waals surface area (Å²) in [6.07, 6.45) is 0. The molecule has 2 rings (SSSR count). The first-order chi connectivity index (χ1) is 11.0. The van der Waals surface area contributed by atoms with Gasteiger partial charge < -0.3 is 16.4 Å². The van der Waals surface area contributed by atoms with Gasteiger partial charge in [-0.25, -0.2) is 9.18 Å². The first kappa shape index (κ1) is 16.5. The van der Waals surface area contributed by atoms with Crippen LogP contribution in [0, 0.1) is 5.82 Å². The van der Waals surface area contributed by atoms with Crippen LogP contribution in [-0.2, 0) is 6.54 Å². The maximum absolute atomic E-state index is 13.7. The van der Waals surface area contributed by atoms with Crippen molar-refractivity contribution >= 4 is 11.9 Å². The zero-order valence-electron chi connectivity index (χ0n) is 12.7. The van der Waals surface area contributed by atoms with Crippen molar-refractivity contribution in [2.24, 2.45) is 5.73 Å². The molecule has 6 heteroatoms. The molecule has 4 N–H and O–H groups in total. The molecule has 3 amide bonds. The summed E-state index contributed by atoms with van der Waals surface area (Å²) in [5, 5.41) is 5.22. The average molecular weight is 315 g/mol. The minimum Gasteiger partial charge on any atom is -0.352 e. The van der Waals surface area contributed by atoms with Gasteiger partial charge in [0.05, 0.1) is 6.04 Å². The van der Waals surface area contributed by atoms with Crippen molar-refractivity contribution in [3.63, 3.8) is 0 Å². The Labute approximate surface area is 133 Å². The molecule has 1 atom stereocenters. The summed E-state index contributed by atoms with van der Waals surface area (Å²) in [6.45, 7) is 2.02. The number of carbonyl (C=O) groups excluding carboxylic acids is 2. The Bertz CT molecular complexity index is 701. The molecule has 120 valence electrons. The molecule has 0 fully saturated rings. The highest BCUT2D eigenvalue weighted by molar-refractivity contribution is 5.94. The zero-order chi connectivity index (χ0) is 16.8. The summed E-state index contributed by atoms with van der Waals surface area (Å²) in [5.74, 6) is -0.650. The van der Waals surface area contributed by atoms with Crippen molar-refractivity contribution in [1.29, 1.82) is 0 Å². The molecule has 0 heterocycles. The summed E-state index contributed by atoms with van der Waals surface area (Å²) in [6, 6.07) is 12.0. The van der Waals surface area contributed by atoms with E-state index in [-0.39, 0.29) is 11.7 Å². The van der Waals surface area contributed by atoms with Crippen LogP contribution in [0.1, 0.15) is 34.5 Å². The maximum Gasteiger partial charge on any atom is 0.312 e. The first-order valence-corrected chi connectivity index (χ1v) is 7.15. The molecule has 0 radical (unpaired) electrons. The van der Waals surface area contributed by atoms with Gasteiger partial charge in [-0.2, -0.15) is 0 Å². The highest BCUT2D eigenvalue weighted by atomic mass is 19.1. The number of hydrogen-bond donors (Lipinski definition) is 3. The third-order valence-electron chi connectivity index (χ3n) is 3.40. The minimum absolute atomic E-state index is 0.295. The van der Waals surface area contributed by atoms with E-state index in [4.69, 9.17) is 5.73 Å². The lowest BCUT2D eigenvalue weighted by atomic mass is 10.1. The summed E-state index contributed by atoms with van der Waals surface area (Å²) in [4.78, 5) is 22.8. The van der Waals surface area contributed by atoms with Crippen LogP contribution >= 0.6 is 0 Å². The molecule has 0 bridgehead atoms. The van der Waals surface area contributed by atoms with Crippen molar-refractivity contribution < 1.29 is 14.0 Å². The number of nitrogens with two attached hydrogens (primary N) is 1. The van der Waals surface area contributed by atoms with E-state index in [0.717, 1.165) is 5.56 Å². The van der Waals surface area contributed by atoms with Crippen molar-refractivity contribution in [1.82, 2.24) is 10.6 Å². The Balaban J connectivity index is 2.00. The number of amides is 3. The third-order valence-corrected chi connectivity index (χ3v) is 3.40. The second kappa shape index (κ2) is 7.40. The lowest BCUT2D eigenvalue weighted by Crippen LogP contribution is -2.29. The Hall–Kier alpha value is -2.89.